The third-order valence-corrected chi connectivity index (χ3v) is 4.04. The minimum Gasteiger partial charge on any atom is -0.354 e. The Labute approximate surface area is 142 Å². The molecule has 0 bridgehead atoms. The first kappa shape index (κ1) is 16.6. The highest BCUT2D eigenvalue weighted by molar-refractivity contribution is 6.21. The molecule has 0 atom stereocenters. The van der Waals surface area contributed by atoms with Crippen molar-refractivity contribution in [3.63, 3.8) is 0 Å². The van der Waals surface area contributed by atoms with Gasteiger partial charge < -0.3 is 10.6 Å². The van der Waals surface area contributed by atoms with Crippen LogP contribution in [0.15, 0.2) is 24.3 Å². The fourth-order valence-corrected chi connectivity index (χ4v) is 2.73. The smallest absolute Gasteiger partial charge is 0.324 e. The third kappa shape index (κ3) is 3.21. The number of urea groups is 1. The van der Waals surface area contributed by atoms with E-state index in [9.17, 15) is 24.0 Å². The number of nitrogens with zero attached hydrogens (tertiary/aromatic N) is 2. The number of rotatable bonds is 6. The van der Waals surface area contributed by atoms with Gasteiger partial charge in [0.15, 0.2) is 0 Å². The van der Waals surface area contributed by atoms with Gasteiger partial charge in [-0.05, 0) is 12.1 Å². The van der Waals surface area contributed by atoms with E-state index in [1.165, 1.54) is 0 Å². The lowest BCUT2D eigenvalue weighted by Gasteiger charge is -2.15. The maximum Gasteiger partial charge on any atom is 0.324 e. The first-order valence-electron chi connectivity index (χ1n) is 7.79. The van der Waals surface area contributed by atoms with Gasteiger partial charge in [0.1, 0.15) is 0 Å². The summed E-state index contributed by atoms with van der Waals surface area (Å²) in [7, 11) is 0. The van der Waals surface area contributed by atoms with Crippen LogP contribution >= 0.6 is 0 Å². The predicted octanol–water partition coefficient (Wildman–Crippen LogP) is -0.659. The van der Waals surface area contributed by atoms with E-state index in [0.717, 1.165) is 9.80 Å². The van der Waals surface area contributed by atoms with Crippen LogP contribution in [0.4, 0.5) is 4.79 Å². The number of fused-ring (bicyclic) bond motifs is 1. The van der Waals surface area contributed by atoms with Crippen LogP contribution in [0, 0.1) is 0 Å². The van der Waals surface area contributed by atoms with Crippen LogP contribution in [0.25, 0.3) is 0 Å². The molecule has 2 heterocycles. The molecule has 1 fully saturated rings. The van der Waals surface area contributed by atoms with E-state index in [1.807, 2.05) is 0 Å². The van der Waals surface area contributed by atoms with Crippen molar-refractivity contribution in [2.24, 2.45) is 0 Å². The molecule has 0 radical (unpaired) electrons. The van der Waals surface area contributed by atoms with Crippen LogP contribution in [0.3, 0.4) is 0 Å². The van der Waals surface area contributed by atoms with E-state index < -0.39 is 17.8 Å². The Kier molecular flexibility index (Phi) is 4.46. The average Bonchev–Trinajstić information content (AvgIpc) is 3.05. The summed E-state index contributed by atoms with van der Waals surface area (Å²) in [4.78, 5) is 61.0. The molecule has 1 saturated heterocycles. The van der Waals surface area contributed by atoms with Crippen LogP contribution in [0.5, 0.6) is 0 Å². The molecule has 9 nitrogen and oxygen atoms in total. The van der Waals surface area contributed by atoms with Gasteiger partial charge in [0.05, 0.1) is 17.7 Å². The lowest BCUT2D eigenvalue weighted by molar-refractivity contribution is -0.126. The summed E-state index contributed by atoms with van der Waals surface area (Å²) in [6, 6.07) is 6.03. The van der Waals surface area contributed by atoms with Crippen LogP contribution < -0.4 is 10.6 Å². The summed E-state index contributed by atoms with van der Waals surface area (Å²) in [5.41, 5.74) is 0.679. The molecule has 0 unspecified atom stereocenters. The fourth-order valence-electron chi connectivity index (χ4n) is 2.73. The minimum atomic E-state index is -0.481. The quantitative estimate of drug-likeness (QED) is 0.525. The lowest BCUT2D eigenvalue weighted by Crippen LogP contribution is -2.40. The van der Waals surface area contributed by atoms with Gasteiger partial charge in [0, 0.05) is 26.1 Å². The molecule has 2 aliphatic heterocycles. The number of amides is 6. The largest absolute Gasteiger partial charge is 0.354 e. The molecule has 6 amide bonds. The van der Waals surface area contributed by atoms with Crippen molar-refractivity contribution in [2.75, 3.05) is 26.2 Å². The molecule has 1 aromatic carbocycles. The molecule has 1 aromatic rings. The Morgan fingerprint density at radius 1 is 1.00 bits per heavy atom. The normalized spacial score (nSPS) is 16.3. The molecule has 3 rings (SSSR count). The summed E-state index contributed by atoms with van der Waals surface area (Å²) >= 11 is 0. The lowest BCUT2D eigenvalue weighted by atomic mass is 10.1. The predicted molar refractivity (Wildman–Crippen MR) is 84.5 cm³/mol. The van der Waals surface area contributed by atoms with Crippen LogP contribution in [-0.2, 0) is 9.59 Å². The van der Waals surface area contributed by atoms with Gasteiger partial charge in [-0.25, -0.2) is 4.79 Å². The van der Waals surface area contributed by atoms with Gasteiger partial charge in [-0.2, -0.15) is 0 Å². The summed E-state index contributed by atoms with van der Waals surface area (Å²) in [5.74, 6) is -1.53. The maximum absolute atomic E-state index is 12.2. The van der Waals surface area contributed by atoms with Crippen molar-refractivity contribution in [3.8, 4) is 0 Å². The Hall–Kier alpha value is -3.23. The number of hydrogen-bond donors (Lipinski definition) is 2. The van der Waals surface area contributed by atoms with Gasteiger partial charge in [0.25, 0.3) is 11.8 Å². The van der Waals surface area contributed by atoms with Crippen molar-refractivity contribution < 1.29 is 24.0 Å². The molecule has 0 aliphatic carbocycles. The highest BCUT2D eigenvalue weighted by Gasteiger charge is 2.35. The molecule has 130 valence electrons. The van der Waals surface area contributed by atoms with Crippen molar-refractivity contribution in [1.29, 1.82) is 0 Å². The molecule has 0 saturated carbocycles. The summed E-state index contributed by atoms with van der Waals surface area (Å²) < 4.78 is 0. The molecular weight excluding hydrogens is 328 g/mol. The van der Waals surface area contributed by atoms with E-state index in [2.05, 4.69) is 10.6 Å². The SMILES string of the molecule is O=C(CCN1C(=O)c2ccccc2C1=O)NCCN1C(=O)CNC1=O. The highest BCUT2D eigenvalue weighted by atomic mass is 16.2. The Morgan fingerprint density at radius 3 is 2.20 bits per heavy atom. The van der Waals surface area contributed by atoms with Gasteiger partial charge in [0.2, 0.25) is 11.8 Å². The molecule has 2 aliphatic rings. The molecule has 2 N–H and O–H groups in total. The third-order valence-electron chi connectivity index (χ3n) is 4.04. The van der Waals surface area contributed by atoms with Gasteiger partial charge >= 0.3 is 6.03 Å². The van der Waals surface area contributed by atoms with Gasteiger partial charge in [-0.15, -0.1) is 0 Å². The van der Waals surface area contributed by atoms with E-state index in [-0.39, 0.29) is 44.4 Å². The average molecular weight is 344 g/mol. The first-order valence-corrected chi connectivity index (χ1v) is 7.79. The number of imide groups is 2. The number of hydrogen-bond acceptors (Lipinski definition) is 5. The van der Waals surface area contributed by atoms with E-state index in [4.69, 9.17) is 0 Å². The van der Waals surface area contributed by atoms with E-state index >= 15 is 0 Å². The van der Waals surface area contributed by atoms with E-state index in [0.29, 0.717) is 11.1 Å². The summed E-state index contributed by atoms with van der Waals surface area (Å²) in [5, 5.41) is 4.94. The van der Waals surface area contributed by atoms with E-state index in [1.54, 1.807) is 24.3 Å². The topological polar surface area (TPSA) is 116 Å². The monoisotopic (exact) mass is 344 g/mol. The number of benzene rings is 1. The fraction of sp³-hybridized carbons (Fsp3) is 0.312. The van der Waals surface area contributed by atoms with Crippen LogP contribution in [0.1, 0.15) is 27.1 Å². The summed E-state index contributed by atoms with van der Waals surface area (Å²) in [6.45, 7) is 0.122. The van der Waals surface area contributed by atoms with Crippen LogP contribution in [0.2, 0.25) is 0 Å². The zero-order valence-corrected chi connectivity index (χ0v) is 13.3. The molecular formula is C16H16N4O5. The van der Waals surface area contributed by atoms with Crippen molar-refractivity contribution in [2.45, 2.75) is 6.42 Å². The zero-order chi connectivity index (χ0) is 18.0. The molecule has 0 spiro atoms. The molecule has 25 heavy (non-hydrogen) atoms. The Bertz CT molecular complexity index is 725. The molecule has 9 heteroatoms. The Morgan fingerprint density at radius 2 is 1.64 bits per heavy atom. The second kappa shape index (κ2) is 6.71. The number of carbonyl (C=O) groups excluding carboxylic acids is 5. The Balaban J connectivity index is 1.45. The maximum atomic E-state index is 12.2. The second-order valence-corrected chi connectivity index (χ2v) is 5.61. The number of nitrogens with one attached hydrogen (secondary N) is 2. The standard InChI is InChI=1S/C16H16N4O5/c21-12(17-6-8-19-13(22)9-18-16(19)25)5-7-20-14(23)10-3-1-2-4-11(10)15(20)24/h1-4H,5-9H2,(H,17,21)(H,18,25). The first-order chi connectivity index (χ1) is 12.0. The molecule has 0 aromatic heterocycles. The van der Waals surface area contributed by atoms with Gasteiger partial charge in [-0.1, -0.05) is 12.1 Å². The second-order valence-electron chi connectivity index (χ2n) is 5.61. The zero-order valence-electron chi connectivity index (χ0n) is 13.3. The van der Waals surface area contributed by atoms with Crippen molar-refractivity contribution >= 4 is 29.7 Å². The van der Waals surface area contributed by atoms with Crippen LogP contribution in [-0.4, -0.2) is 65.6 Å². The summed E-state index contributed by atoms with van der Waals surface area (Å²) in [6.07, 6.45) is -0.0500. The van der Waals surface area contributed by atoms with Crippen molar-refractivity contribution in [3.05, 3.63) is 35.4 Å². The number of carbonyl (C=O) groups is 5. The highest BCUT2D eigenvalue weighted by Crippen LogP contribution is 2.22. The van der Waals surface area contributed by atoms with Crippen molar-refractivity contribution in [1.82, 2.24) is 20.4 Å². The van der Waals surface area contributed by atoms with Gasteiger partial charge in [-0.3, -0.25) is 29.0 Å². The minimum absolute atomic E-state index is 0.0265.